The number of rotatable bonds is 16. The lowest BCUT2D eigenvalue weighted by Gasteiger charge is -2.34. The largest absolute Gasteiger partial charge is 0.490 e. The molecule has 1 unspecified atom stereocenters. The number of carbonyl (C=O) groups excluding carboxylic acids is 4. The van der Waals surface area contributed by atoms with Crippen molar-refractivity contribution in [3.8, 4) is 0 Å². The number of esters is 1. The third kappa shape index (κ3) is 15.1. The lowest BCUT2D eigenvalue weighted by Crippen LogP contribution is -2.41. The number of hydrogen-bond acceptors (Lipinski definition) is 8. The summed E-state index contributed by atoms with van der Waals surface area (Å²) < 4.78 is 22.1. The maximum atomic E-state index is 12.8. The van der Waals surface area contributed by atoms with Crippen molar-refractivity contribution < 1.29 is 38.1 Å². The van der Waals surface area contributed by atoms with Gasteiger partial charge in [0.25, 0.3) is 0 Å². The molecule has 262 valence electrons. The Labute approximate surface area is 279 Å². The highest BCUT2D eigenvalue weighted by Gasteiger charge is 2.29. The van der Waals surface area contributed by atoms with Crippen molar-refractivity contribution in [1.29, 1.82) is 0 Å². The normalized spacial score (nSPS) is 23.0. The van der Waals surface area contributed by atoms with Gasteiger partial charge in [0.15, 0.2) is 6.10 Å². The van der Waals surface area contributed by atoms with Gasteiger partial charge in [0.1, 0.15) is 19.0 Å². The lowest BCUT2D eigenvalue weighted by molar-refractivity contribution is -0.151. The molecule has 2 fully saturated rings. The summed E-state index contributed by atoms with van der Waals surface area (Å²) in [5, 5.41) is 8.72. The van der Waals surface area contributed by atoms with Crippen LogP contribution in [0.25, 0.3) is 0 Å². The first kappa shape index (κ1) is 37.7. The van der Waals surface area contributed by atoms with Crippen LogP contribution in [-0.4, -0.2) is 68.6 Å². The van der Waals surface area contributed by atoms with Gasteiger partial charge >= 0.3 is 18.2 Å². The van der Waals surface area contributed by atoms with E-state index in [1.165, 1.54) is 6.42 Å². The van der Waals surface area contributed by atoms with Crippen LogP contribution in [0.2, 0.25) is 0 Å². The summed E-state index contributed by atoms with van der Waals surface area (Å²) >= 11 is 0. The van der Waals surface area contributed by atoms with E-state index >= 15 is 0 Å². The Hall–Kier alpha value is -3.76. The molecule has 11 heteroatoms. The van der Waals surface area contributed by atoms with Crippen LogP contribution in [-0.2, 0) is 28.5 Å². The maximum Gasteiger partial charge on any atom is 0.407 e. The van der Waals surface area contributed by atoms with Crippen molar-refractivity contribution in [3.05, 3.63) is 48.3 Å². The van der Waals surface area contributed by atoms with Gasteiger partial charge in [-0.2, -0.15) is 0 Å². The third-order valence-corrected chi connectivity index (χ3v) is 8.77. The van der Waals surface area contributed by atoms with Crippen LogP contribution in [0, 0.1) is 17.8 Å². The Kier molecular flexibility index (Phi) is 16.4. The van der Waals surface area contributed by atoms with E-state index in [0.29, 0.717) is 36.1 Å². The van der Waals surface area contributed by atoms with E-state index in [9.17, 15) is 19.2 Å². The summed E-state index contributed by atoms with van der Waals surface area (Å²) in [7, 11) is 0. The second-order valence-electron chi connectivity index (χ2n) is 13.2. The number of amides is 3. The molecule has 0 aromatic rings. The molecular formula is C36H55N3O8. The van der Waals surface area contributed by atoms with Crippen molar-refractivity contribution >= 4 is 24.1 Å². The second-order valence-corrected chi connectivity index (χ2v) is 13.2. The number of ether oxygens (including phenoxy) is 4. The van der Waals surface area contributed by atoms with Crippen molar-refractivity contribution in [3.63, 3.8) is 0 Å². The zero-order chi connectivity index (χ0) is 34.0. The van der Waals surface area contributed by atoms with E-state index < -0.39 is 18.3 Å². The molecule has 47 heavy (non-hydrogen) atoms. The molecule has 3 amide bonds. The molecule has 3 rings (SSSR count). The zero-order valence-electron chi connectivity index (χ0n) is 28.4. The number of hydrogen-bond donors (Lipinski definition) is 3. The highest BCUT2D eigenvalue weighted by atomic mass is 16.6. The van der Waals surface area contributed by atoms with Gasteiger partial charge in [-0.15, -0.1) is 0 Å². The molecule has 0 aromatic carbocycles. The Bertz CT molecular complexity index is 1130. The van der Waals surface area contributed by atoms with Crippen LogP contribution in [0.3, 0.4) is 0 Å². The summed E-state index contributed by atoms with van der Waals surface area (Å²) in [6.07, 6.45) is 18.5. The average Bonchev–Trinajstić information content (AvgIpc) is 3.32. The fourth-order valence-corrected chi connectivity index (χ4v) is 6.01. The molecule has 0 radical (unpaired) electrons. The summed E-state index contributed by atoms with van der Waals surface area (Å²) in [5.74, 6) is 1.10. The summed E-state index contributed by atoms with van der Waals surface area (Å²) in [4.78, 5) is 48.5. The smallest absolute Gasteiger partial charge is 0.407 e. The van der Waals surface area contributed by atoms with Gasteiger partial charge in [-0.05, 0) is 102 Å². The molecule has 0 heterocycles. The maximum absolute atomic E-state index is 12.8. The molecule has 3 aliphatic carbocycles. The van der Waals surface area contributed by atoms with Crippen LogP contribution in [0.4, 0.5) is 9.59 Å². The number of alkyl carbamates (subject to hydrolysis) is 2. The van der Waals surface area contributed by atoms with Crippen molar-refractivity contribution in [2.24, 2.45) is 17.8 Å². The second kappa shape index (κ2) is 20.5. The number of carbonyl (C=O) groups is 4. The summed E-state index contributed by atoms with van der Waals surface area (Å²) in [5.41, 5.74) is 0.455. The minimum absolute atomic E-state index is 0.0458. The highest BCUT2D eigenvalue weighted by molar-refractivity contribution is 5.92. The topological polar surface area (TPSA) is 141 Å². The molecule has 3 N–H and O–H groups in total. The van der Waals surface area contributed by atoms with Crippen molar-refractivity contribution in [1.82, 2.24) is 16.0 Å². The van der Waals surface area contributed by atoms with Gasteiger partial charge in [0, 0.05) is 24.2 Å². The first-order valence-corrected chi connectivity index (χ1v) is 17.3. The van der Waals surface area contributed by atoms with E-state index in [1.807, 2.05) is 30.4 Å². The van der Waals surface area contributed by atoms with Gasteiger partial charge < -0.3 is 34.9 Å². The van der Waals surface area contributed by atoms with Crippen molar-refractivity contribution in [2.45, 2.75) is 110 Å². The standard InChI is InChI=1S/C36H55N3O8/c1-25(2)33(40)37-20-9-21-44-35(42)38-29-16-12-27(13-17-29)22-28-14-18-30(19-15-28)39-36(43)47-32(24-46-34(41)26(3)4)23-45-31-10-7-5-6-8-11-31/h5,7-8,10-11,26-30,32H,1,6,9,12-24H2,2-4H3,(H,37,40)(H,38,42)(H,39,43). The van der Waals surface area contributed by atoms with Gasteiger partial charge in [-0.3, -0.25) is 9.59 Å². The first-order chi connectivity index (χ1) is 22.6. The Morgan fingerprint density at radius 1 is 0.872 bits per heavy atom. The summed E-state index contributed by atoms with van der Waals surface area (Å²) in [6, 6.07) is 0.178. The van der Waals surface area contributed by atoms with E-state index in [1.54, 1.807) is 20.8 Å². The van der Waals surface area contributed by atoms with E-state index in [0.717, 1.165) is 57.8 Å². The minimum Gasteiger partial charge on any atom is -0.490 e. The average molecular weight is 658 g/mol. The van der Waals surface area contributed by atoms with E-state index in [-0.39, 0.29) is 49.7 Å². The Morgan fingerprint density at radius 2 is 1.51 bits per heavy atom. The van der Waals surface area contributed by atoms with Crippen LogP contribution < -0.4 is 16.0 Å². The molecule has 0 saturated heterocycles. The van der Waals surface area contributed by atoms with E-state index in [2.05, 4.69) is 22.5 Å². The molecule has 0 spiro atoms. The minimum atomic E-state index is -0.733. The molecule has 11 nitrogen and oxygen atoms in total. The highest BCUT2D eigenvalue weighted by Crippen LogP contribution is 2.35. The molecular weight excluding hydrogens is 602 g/mol. The molecule has 3 aliphatic rings. The predicted octanol–water partition coefficient (Wildman–Crippen LogP) is 6.01. The Balaban J connectivity index is 1.30. The van der Waals surface area contributed by atoms with Crippen LogP contribution >= 0.6 is 0 Å². The van der Waals surface area contributed by atoms with Gasteiger partial charge in [-0.1, -0.05) is 38.7 Å². The van der Waals surface area contributed by atoms with Crippen LogP contribution in [0.1, 0.15) is 91.4 Å². The van der Waals surface area contributed by atoms with Crippen molar-refractivity contribution in [2.75, 3.05) is 26.4 Å². The number of nitrogens with one attached hydrogen (secondary N) is 3. The fraction of sp³-hybridized carbons (Fsp3) is 0.667. The lowest BCUT2D eigenvalue weighted by atomic mass is 9.76. The zero-order valence-corrected chi connectivity index (χ0v) is 28.4. The quantitative estimate of drug-likeness (QED) is 0.0793. The van der Waals surface area contributed by atoms with Gasteiger partial charge in [0.2, 0.25) is 5.91 Å². The molecule has 0 bridgehead atoms. The molecule has 0 aromatic heterocycles. The Morgan fingerprint density at radius 3 is 2.13 bits per heavy atom. The van der Waals surface area contributed by atoms with Gasteiger partial charge in [0.05, 0.1) is 12.5 Å². The monoisotopic (exact) mass is 657 g/mol. The first-order valence-electron chi connectivity index (χ1n) is 17.3. The molecule has 2 saturated carbocycles. The van der Waals surface area contributed by atoms with Gasteiger partial charge in [-0.25, -0.2) is 9.59 Å². The molecule has 0 aliphatic heterocycles. The summed E-state index contributed by atoms with van der Waals surface area (Å²) in [6.45, 7) is 9.45. The third-order valence-electron chi connectivity index (χ3n) is 8.77. The fourth-order valence-electron chi connectivity index (χ4n) is 6.01. The van der Waals surface area contributed by atoms with Crippen LogP contribution in [0.5, 0.6) is 0 Å². The molecule has 1 atom stereocenters. The predicted molar refractivity (Wildman–Crippen MR) is 179 cm³/mol. The van der Waals surface area contributed by atoms with Crippen LogP contribution in [0.15, 0.2) is 48.3 Å². The van der Waals surface area contributed by atoms with E-state index in [4.69, 9.17) is 18.9 Å². The number of allylic oxidation sites excluding steroid dienone is 5. The SMILES string of the molecule is C=C(C)C(=O)NCCCOC(=O)NC1CCC(CC2CCC(NC(=O)OC(COC(=O)C(C)C)COC3=CC=CCC=C3)CC2)CC1.